The number of benzene rings is 1. The Bertz CT molecular complexity index is 398. The lowest BCUT2D eigenvalue weighted by molar-refractivity contribution is 0.550. The van der Waals surface area contributed by atoms with E-state index in [4.69, 9.17) is 0 Å². The highest BCUT2D eigenvalue weighted by Crippen LogP contribution is 2.26. The third-order valence-electron chi connectivity index (χ3n) is 4.10. The minimum absolute atomic E-state index is 0.136. The van der Waals surface area contributed by atoms with Crippen molar-refractivity contribution in [3.63, 3.8) is 0 Å². The highest BCUT2D eigenvalue weighted by atomic mass is 19.1. The summed E-state index contributed by atoms with van der Waals surface area (Å²) < 4.78 is 13.7. The third-order valence-corrected chi connectivity index (χ3v) is 4.10. The second kappa shape index (κ2) is 6.90. The van der Waals surface area contributed by atoms with Gasteiger partial charge in [-0.1, -0.05) is 25.7 Å². The summed E-state index contributed by atoms with van der Waals surface area (Å²) in [4.78, 5) is 2.27. The van der Waals surface area contributed by atoms with Gasteiger partial charge in [0.2, 0.25) is 0 Å². The molecule has 1 fully saturated rings. The zero-order valence-electron chi connectivity index (χ0n) is 12.1. The van der Waals surface area contributed by atoms with Gasteiger partial charge >= 0.3 is 0 Å². The van der Waals surface area contributed by atoms with Crippen LogP contribution < -0.4 is 10.2 Å². The fourth-order valence-electron chi connectivity index (χ4n) is 3.00. The van der Waals surface area contributed by atoms with Crippen LogP contribution in [0, 0.1) is 5.82 Å². The third kappa shape index (κ3) is 3.93. The van der Waals surface area contributed by atoms with E-state index in [0.717, 1.165) is 11.3 Å². The SMILES string of the molecule is CNCc1cc(F)cc(N(C)C2CCCCCC2)c1. The van der Waals surface area contributed by atoms with Gasteiger partial charge in [-0.3, -0.25) is 0 Å². The average molecular weight is 264 g/mol. The first kappa shape index (κ1) is 14.3. The first-order valence-corrected chi connectivity index (χ1v) is 7.37. The van der Waals surface area contributed by atoms with Crippen molar-refractivity contribution >= 4 is 5.69 Å². The van der Waals surface area contributed by atoms with Crippen molar-refractivity contribution in [2.75, 3.05) is 19.0 Å². The van der Waals surface area contributed by atoms with Crippen LogP contribution >= 0.6 is 0 Å². The van der Waals surface area contributed by atoms with Crippen LogP contribution in [0.3, 0.4) is 0 Å². The van der Waals surface area contributed by atoms with Gasteiger partial charge < -0.3 is 10.2 Å². The summed E-state index contributed by atoms with van der Waals surface area (Å²) in [7, 11) is 3.99. The molecule has 0 radical (unpaired) electrons. The van der Waals surface area contributed by atoms with E-state index >= 15 is 0 Å². The van der Waals surface area contributed by atoms with Crippen molar-refractivity contribution in [1.29, 1.82) is 0 Å². The van der Waals surface area contributed by atoms with E-state index in [1.807, 2.05) is 7.05 Å². The molecule has 0 amide bonds. The number of halogens is 1. The molecule has 1 aromatic rings. The van der Waals surface area contributed by atoms with Gasteiger partial charge in [-0.05, 0) is 43.7 Å². The molecule has 106 valence electrons. The molecule has 1 aliphatic carbocycles. The Labute approximate surface area is 116 Å². The quantitative estimate of drug-likeness (QED) is 0.834. The summed E-state index contributed by atoms with van der Waals surface area (Å²) in [5, 5.41) is 3.08. The molecular weight excluding hydrogens is 239 g/mol. The molecule has 2 nitrogen and oxygen atoms in total. The molecule has 1 aromatic carbocycles. The smallest absolute Gasteiger partial charge is 0.125 e. The second-order valence-electron chi connectivity index (χ2n) is 5.60. The normalized spacial score (nSPS) is 17.2. The Kier molecular flexibility index (Phi) is 5.20. The van der Waals surface area contributed by atoms with Crippen LogP contribution in [-0.2, 0) is 6.54 Å². The van der Waals surface area contributed by atoms with Crippen LogP contribution in [0.1, 0.15) is 44.1 Å². The zero-order valence-corrected chi connectivity index (χ0v) is 12.1. The Morgan fingerprint density at radius 3 is 2.47 bits per heavy atom. The van der Waals surface area contributed by atoms with Gasteiger partial charge in [-0.15, -0.1) is 0 Å². The van der Waals surface area contributed by atoms with E-state index in [-0.39, 0.29) is 5.82 Å². The van der Waals surface area contributed by atoms with E-state index in [2.05, 4.69) is 23.3 Å². The number of hydrogen-bond donors (Lipinski definition) is 1. The lowest BCUT2D eigenvalue weighted by Gasteiger charge is -2.29. The molecular formula is C16H25FN2. The molecule has 0 spiro atoms. The predicted octanol–water partition coefficient (Wildman–Crippen LogP) is 3.70. The molecule has 0 aliphatic heterocycles. The molecule has 3 heteroatoms. The number of hydrogen-bond acceptors (Lipinski definition) is 2. The topological polar surface area (TPSA) is 15.3 Å². The minimum Gasteiger partial charge on any atom is -0.372 e. The fraction of sp³-hybridized carbons (Fsp3) is 0.625. The second-order valence-corrected chi connectivity index (χ2v) is 5.60. The van der Waals surface area contributed by atoms with Crippen molar-refractivity contribution in [1.82, 2.24) is 5.32 Å². The van der Waals surface area contributed by atoms with Gasteiger partial charge in [0, 0.05) is 25.3 Å². The standard InChI is InChI=1S/C16H25FN2/c1-18-12-13-9-14(17)11-16(10-13)19(2)15-7-5-3-4-6-8-15/h9-11,15,18H,3-8,12H2,1-2H3. The van der Waals surface area contributed by atoms with Gasteiger partial charge in [-0.2, -0.15) is 0 Å². The van der Waals surface area contributed by atoms with Gasteiger partial charge in [0.05, 0.1) is 0 Å². The highest BCUT2D eigenvalue weighted by molar-refractivity contribution is 5.49. The summed E-state index contributed by atoms with van der Waals surface area (Å²) in [6.45, 7) is 0.712. The Morgan fingerprint density at radius 2 is 1.84 bits per heavy atom. The van der Waals surface area contributed by atoms with Gasteiger partial charge in [0.1, 0.15) is 5.82 Å². The molecule has 19 heavy (non-hydrogen) atoms. The summed E-state index contributed by atoms with van der Waals surface area (Å²) >= 11 is 0. The molecule has 0 bridgehead atoms. The monoisotopic (exact) mass is 264 g/mol. The molecule has 0 atom stereocenters. The maximum Gasteiger partial charge on any atom is 0.125 e. The van der Waals surface area contributed by atoms with Crippen molar-refractivity contribution < 1.29 is 4.39 Å². The maximum atomic E-state index is 13.7. The number of anilines is 1. The summed E-state index contributed by atoms with van der Waals surface area (Å²) in [6.07, 6.45) is 7.75. The molecule has 0 aromatic heterocycles. The van der Waals surface area contributed by atoms with Crippen molar-refractivity contribution in [3.05, 3.63) is 29.6 Å². The molecule has 0 unspecified atom stereocenters. The van der Waals surface area contributed by atoms with Gasteiger partial charge in [0.15, 0.2) is 0 Å². The largest absolute Gasteiger partial charge is 0.372 e. The van der Waals surface area contributed by atoms with Crippen molar-refractivity contribution in [2.24, 2.45) is 0 Å². The Balaban J connectivity index is 2.14. The zero-order chi connectivity index (χ0) is 13.7. The molecule has 2 rings (SSSR count). The molecule has 0 heterocycles. The van der Waals surface area contributed by atoms with E-state index in [1.54, 1.807) is 12.1 Å². The molecule has 1 aliphatic rings. The van der Waals surface area contributed by atoms with E-state index in [9.17, 15) is 4.39 Å². The lowest BCUT2D eigenvalue weighted by atomic mass is 10.1. The highest BCUT2D eigenvalue weighted by Gasteiger charge is 2.18. The van der Waals surface area contributed by atoms with Crippen LogP contribution in [0.15, 0.2) is 18.2 Å². The predicted molar refractivity (Wildman–Crippen MR) is 79.1 cm³/mol. The van der Waals surface area contributed by atoms with E-state index in [1.165, 1.54) is 38.5 Å². The van der Waals surface area contributed by atoms with E-state index < -0.39 is 0 Å². The van der Waals surface area contributed by atoms with Crippen LogP contribution in [0.2, 0.25) is 0 Å². The van der Waals surface area contributed by atoms with Crippen molar-refractivity contribution in [2.45, 2.75) is 51.1 Å². The molecule has 1 saturated carbocycles. The number of rotatable bonds is 4. The lowest BCUT2D eigenvalue weighted by Crippen LogP contribution is -2.31. The minimum atomic E-state index is -0.136. The maximum absolute atomic E-state index is 13.7. The Morgan fingerprint density at radius 1 is 1.16 bits per heavy atom. The van der Waals surface area contributed by atoms with Crippen LogP contribution in [0.4, 0.5) is 10.1 Å². The van der Waals surface area contributed by atoms with Crippen LogP contribution in [-0.4, -0.2) is 20.1 Å². The molecule has 1 N–H and O–H groups in total. The summed E-state index contributed by atoms with van der Waals surface area (Å²) in [5.74, 6) is -0.136. The molecule has 0 saturated heterocycles. The van der Waals surface area contributed by atoms with Crippen LogP contribution in [0.5, 0.6) is 0 Å². The van der Waals surface area contributed by atoms with Gasteiger partial charge in [-0.25, -0.2) is 4.39 Å². The average Bonchev–Trinajstić information content (AvgIpc) is 2.66. The summed E-state index contributed by atoms with van der Waals surface area (Å²) in [5.41, 5.74) is 2.02. The Hall–Kier alpha value is -1.09. The van der Waals surface area contributed by atoms with Crippen LogP contribution in [0.25, 0.3) is 0 Å². The summed E-state index contributed by atoms with van der Waals surface area (Å²) in [6, 6.07) is 5.93. The van der Waals surface area contributed by atoms with Gasteiger partial charge in [0.25, 0.3) is 0 Å². The van der Waals surface area contributed by atoms with E-state index in [0.29, 0.717) is 12.6 Å². The van der Waals surface area contributed by atoms with Crippen molar-refractivity contribution in [3.8, 4) is 0 Å². The number of nitrogens with zero attached hydrogens (tertiary/aromatic N) is 1. The fourth-order valence-corrected chi connectivity index (χ4v) is 3.00. The number of nitrogens with one attached hydrogen (secondary N) is 1. The first-order valence-electron chi connectivity index (χ1n) is 7.37. The first-order chi connectivity index (χ1) is 9.20.